The molecule has 0 aromatic carbocycles. The number of carbonyl (C=O) groups excluding carboxylic acids is 1. The van der Waals surface area contributed by atoms with Crippen LogP contribution in [0.25, 0.3) is 0 Å². The Morgan fingerprint density at radius 1 is 1.21 bits per heavy atom. The van der Waals surface area contributed by atoms with Crippen molar-refractivity contribution in [1.82, 2.24) is 10.2 Å². The topological polar surface area (TPSA) is 58.4 Å². The van der Waals surface area contributed by atoms with E-state index in [0.717, 1.165) is 31.8 Å². The number of piperidine rings is 1. The van der Waals surface area contributed by atoms with Crippen molar-refractivity contribution in [2.45, 2.75) is 64.0 Å². The van der Waals surface area contributed by atoms with Gasteiger partial charge in [0.1, 0.15) is 0 Å². The molecule has 1 aliphatic carbocycles. The van der Waals surface area contributed by atoms with Crippen LogP contribution in [0.2, 0.25) is 0 Å². The van der Waals surface area contributed by atoms with Gasteiger partial charge in [0.05, 0.1) is 6.54 Å². The number of carbonyl (C=O) groups is 1. The highest BCUT2D eigenvalue weighted by Gasteiger charge is 2.31. The Bertz CT molecular complexity index is 289. The van der Waals surface area contributed by atoms with Crippen LogP contribution in [0.3, 0.4) is 0 Å². The molecule has 110 valence electrons. The predicted molar refractivity (Wildman–Crippen MR) is 77.8 cm³/mol. The summed E-state index contributed by atoms with van der Waals surface area (Å²) in [5.41, 5.74) is 5.48. The molecule has 0 aromatic heterocycles. The van der Waals surface area contributed by atoms with E-state index in [1.807, 2.05) is 0 Å². The highest BCUT2D eigenvalue weighted by atomic mass is 16.1. The first kappa shape index (κ1) is 14.8. The third kappa shape index (κ3) is 4.18. The SMILES string of the molecule is CCC1CCCC(N(CC(N)=O)C2CCNCC2)C1. The van der Waals surface area contributed by atoms with Crippen LogP contribution in [0.15, 0.2) is 0 Å². The van der Waals surface area contributed by atoms with Gasteiger partial charge in [-0.25, -0.2) is 0 Å². The molecule has 2 fully saturated rings. The van der Waals surface area contributed by atoms with Gasteiger partial charge >= 0.3 is 0 Å². The molecule has 2 rings (SSSR count). The summed E-state index contributed by atoms with van der Waals surface area (Å²) in [6.07, 6.45) is 8.75. The molecule has 19 heavy (non-hydrogen) atoms. The van der Waals surface area contributed by atoms with Crippen LogP contribution in [0, 0.1) is 5.92 Å². The number of nitrogens with two attached hydrogens (primary N) is 1. The Morgan fingerprint density at radius 3 is 2.58 bits per heavy atom. The molecule has 0 bridgehead atoms. The molecule has 1 amide bonds. The predicted octanol–water partition coefficient (Wildman–Crippen LogP) is 1.49. The Labute approximate surface area is 117 Å². The lowest BCUT2D eigenvalue weighted by Gasteiger charge is -2.42. The van der Waals surface area contributed by atoms with Gasteiger partial charge in [0, 0.05) is 12.1 Å². The number of hydrogen-bond donors (Lipinski definition) is 2. The van der Waals surface area contributed by atoms with Gasteiger partial charge in [0.2, 0.25) is 5.91 Å². The maximum absolute atomic E-state index is 11.4. The lowest BCUT2D eigenvalue weighted by molar-refractivity contribution is -0.121. The lowest BCUT2D eigenvalue weighted by atomic mass is 9.82. The first-order chi connectivity index (χ1) is 9.20. The van der Waals surface area contributed by atoms with Crippen molar-refractivity contribution in [2.24, 2.45) is 11.7 Å². The van der Waals surface area contributed by atoms with Gasteiger partial charge in [-0.1, -0.05) is 26.2 Å². The Morgan fingerprint density at radius 2 is 1.95 bits per heavy atom. The fourth-order valence-corrected chi connectivity index (χ4v) is 3.81. The van der Waals surface area contributed by atoms with E-state index in [-0.39, 0.29) is 5.91 Å². The van der Waals surface area contributed by atoms with Crippen LogP contribution in [0.4, 0.5) is 0 Å². The van der Waals surface area contributed by atoms with Crippen molar-refractivity contribution in [3.8, 4) is 0 Å². The molecule has 1 aliphatic heterocycles. The number of nitrogens with one attached hydrogen (secondary N) is 1. The first-order valence-corrected chi connectivity index (χ1v) is 7.95. The molecule has 2 atom stereocenters. The van der Waals surface area contributed by atoms with E-state index in [4.69, 9.17) is 5.73 Å². The summed E-state index contributed by atoms with van der Waals surface area (Å²) in [6.45, 7) is 4.88. The molecule has 2 aliphatic rings. The minimum atomic E-state index is -0.169. The summed E-state index contributed by atoms with van der Waals surface area (Å²) in [6, 6.07) is 1.13. The number of amides is 1. The van der Waals surface area contributed by atoms with E-state index >= 15 is 0 Å². The van der Waals surface area contributed by atoms with Gasteiger partial charge in [-0.3, -0.25) is 9.69 Å². The summed E-state index contributed by atoms with van der Waals surface area (Å²) in [5, 5.41) is 3.40. The minimum Gasteiger partial charge on any atom is -0.369 e. The molecular formula is C15H29N3O. The Hall–Kier alpha value is -0.610. The standard InChI is InChI=1S/C15H29N3O/c1-2-12-4-3-5-14(10-12)18(11-15(16)19)13-6-8-17-9-7-13/h12-14,17H,2-11H2,1H3,(H2,16,19). The third-order valence-corrected chi connectivity index (χ3v) is 4.92. The average molecular weight is 267 g/mol. The van der Waals surface area contributed by atoms with Crippen molar-refractivity contribution >= 4 is 5.91 Å². The summed E-state index contributed by atoms with van der Waals surface area (Å²) < 4.78 is 0. The quantitative estimate of drug-likeness (QED) is 0.793. The summed E-state index contributed by atoms with van der Waals surface area (Å²) >= 11 is 0. The Kier molecular flexibility index (Phi) is 5.64. The van der Waals surface area contributed by atoms with E-state index in [2.05, 4.69) is 17.1 Å². The van der Waals surface area contributed by atoms with Crippen LogP contribution in [0.5, 0.6) is 0 Å². The van der Waals surface area contributed by atoms with Crippen molar-refractivity contribution in [2.75, 3.05) is 19.6 Å². The zero-order chi connectivity index (χ0) is 13.7. The molecule has 2 unspecified atom stereocenters. The molecule has 4 heteroatoms. The van der Waals surface area contributed by atoms with Crippen LogP contribution in [0.1, 0.15) is 51.9 Å². The van der Waals surface area contributed by atoms with E-state index in [9.17, 15) is 4.79 Å². The number of hydrogen-bond acceptors (Lipinski definition) is 3. The third-order valence-electron chi connectivity index (χ3n) is 4.92. The maximum Gasteiger partial charge on any atom is 0.231 e. The van der Waals surface area contributed by atoms with Gasteiger partial charge in [0.25, 0.3) is 0 Å². The second-order valence-electron chi connectivity index (χ2n) is 6.21. The summed E-state index contributed by atoms with van der Waals surface area (Å²) in [4.78, 5) is 13.8. The molecule has 1 saturated heterocycles. The second-order valence-corrected chi connectivity index (χ2v) is 6.21. The van der Waals surface area contributed by atoms with Crippen molar-refractivity contribution < 1.29 is 4.79 Å². The maximum atomic E-state index is 11.4. The second kappa shape index (κ2) is 7.25. The molecule has 1 saturated carbocycles. The molecule has 0 radical (unpaired) electrons. The summed E-state index contributed by atoms with van der Waals surface area (Å²) in [7, 11) is 0. The highest BCUT2D eigenvalue weighted by molar-refractivity contribution is 5.76. The van der Waals surface area contributed by atoms with E-state index < -0.39 is 0 Å². The Balaban J connectivity index is 2.00. The minimum absolute atomic E-state index is 0.169. The van der Waals surface area contributed by atoms with Gasteiger partial charge in [-0.15, -0.1) is 0 Å². The lowest BCUT2D eigenvalue weighted by Crippen LogP contribution is -2.52. The van der Waals surface area contributed by atoms with E-state index in [1.54, 1.807) is 0 Å². The highest BCUT2D eigenvalue weighted by Crippen LogP contribution is 2.31. The molecule has 1 heterocycles. The van der Waals surface area contributed by atoms with Gasteiger partial charge in [-0.05, 0) is 44.7 Å². The molecular weight excluding hydrogens is 238 g/mol. The van der Waals surface area contributed by atoms with Gasteiger partial charge in [0.15, 0.2) is 0 Å². The van der Waals surface area contributed by atoms with Gasteiger partial charge in [-0.2, -0.15) is 0 Å². The van der Waals surface area contributed by atoms with Crippen LogP contribution in [-0.4, -0.2) is 42.5 Å². The smallest absolute Gasteiger partial charge is 0.231 e. The molecule has 0 aromatic rings. The largest absolute Gasteiger partial charge is 0.369 e. The molecule has 0 spiro atoms. The average Bonchev–Trinajstić information content (AvgIpc) is 2.45. The fraction of sp³-hybridized carbons (Fsp3) is 0.933. The fourth-order valence-electron chi connectivity index (χ4n) is 3.81. The number of primary amides is 1. The number of nitrogens with zero attached hydrogens (tertiary/aromatic N) is 1. The van der Waals surface area contributed by atoms with Crippen molar-refractivity contribution in [3.63, 3.8) is 0 Å². The van der Waals surface area contributed by atoms with E-state index in [0.29, 0.717) is 18.6 Å². The summed E-state index contributed by atoms with van der Waals surface area (Å²) in [5.74, 6) is 0.674. The normalized spacial score (nSPS) is 29.6. The van der Waals surface area contributed by atoms with Crippen molar-refractivity contribution in [3.05, 3.63) is 0 Å². The van der Waals surface area contributed by atoms with Crippen molar-refractivity contribution in [1.29, 1.82) is 0 Å². The zero-order valence-electron chi connectivity index (χ0n) is 12.2. The van der Waals surface area contributed by atoms with Crippen LogP contribution in [-0.2, 0) is 4.79 Å². The number of rotatable bonds is 5. The van der Waals surface area contributed by atoms with E-state index in [1.165, 1.54) is 32.1 Å². The first-order valence-electron chi connectivity index (χ1n) is 7.95. The monoisotopic (exact) mass is 267 g/mol. The van der Waals surface area contributed by atoms with Crippen LogP contribution >= 0.6 is 0 Å². The molecule has 4 nitrogen and oxygen atoms in total. The molecule has 3 N–H and O–H groups in total. The van der Waals surface area contributed by atoms with Crippen LogP contribution < -0.4 is 11.1 Å². The zero-order valence-corrected chi connectivity index (χ0v) is 12.2. The van der Waals surface area contributed by atoms with Gasteiger partial charge < -0.3 is 11.1 Å².